The third kappa shape index (κ3) is 4.04. The van der Waals surface area contributed by atoms with Crippen molar-refractivity contribution in [1.29, 1.82) is 0 Å². The lowest BCUT2D eigenvalue weighted by Crippen LogP contribution is -2.23. The van der Waals surface area contributed by atoms with E-state index in [1.807, 2.05) is 13.1 Å². The lowest BCUT2D eigenvalue weighted by atomic mass is 9.92. The summed E-state index contributed by atoms with van der Waals surface area (Å²) in [5, 5.41) is 3.40. The summed E-state index contributed by atoms with van der Waals surface area (Å²) in [6.45, 7) is 7.42. The fraction of sp³-hybridized carbons (Fsp3) is 0.600. The highest BCUT2D eigenvalue weighted by Gasteiger charge is 2.16. The zero-order chi connectivity index (χ0) is 12.7. The van der Waals surface area contributed by atoms with Gasteiger partial charge in [0.1, 0.15) is 5.75 Å². The van der Waals surface area contributed by atoms with Crippen molar-refractivity contribution in [2.24, 2.45) is 5.92 Å². The summed E-state index contributed by atoms with van der Waals surface area (Å²) in [5.74, 6) is 1.61. The molecule has 0 heterocycles. The predicted molar refractivity (Wildman–Crippen MR) is 73.5 cm³/mol. The Morgan fingerprint density at radius 1 is 1.29 bits per heavy atom. The Kier molecular flexibility index (Phi) is 6.06. The Balaban J connectivity index is 2.81. The summed E-state index contributed by atoms with van der Waals surface area (Å²) < 4.78 is 5.68. The van der Waals surface area contributed by atoms with Crippen LogP contribution in [0.3, 0.4) is 0 Å². The maximum absolute atomic E-state index is 5.68. The van der Waals surface area contributed by atoms with Crippen LogP contribution in [0, 0.1) is 5.92 Å². The first-order valence-corrected chi connectivity index (χ1v) is 6.62. The summed E-state index contributed by atoms with van der Waals surface area (Å²) in [6, 6.07) is 8.84. The van der Waals surface area contributed by atoms with Crippen molar-refractivity contribution in [2.45, 2.75) is 39.7 Å². The molecule has 2 atom stereocenters. The second-order valence-electron chi connectivity index (χ2n) is 4.57. The maximum atomic E-state index is 5.68. The Bertz CT molecular complexity index is 324. The van der Waals surface area contributed by atoms with E-state index in [2.05, 4.69) is 44.3 Å². The van der Waals surface area contributed by atoms with Crippen molar-refractivity contribution >= 4 is 0 Å². The molecule has 0 aliphatic rings. The third-order valence-electron chi connectivity index (χ3n) is 3.21. The van der Waals surface area contributed by atoms with Crippen LogP contribution in [0.25, 0.3) is 0 Å². The fourth-order valence-electron chi connectivity index (χ4n) is 2.03. The lowest BCUT2D eigenvalue weighted by molar-refractivity contribution is 0.315. The van der Waals surface area contributed by atoms with E-state index in [4.69, 9.17) is 4.74 Å². The Labute approximate surface area is 105 Å². The Morgan fingerprint density at radius 3 is 2.65 bits per heavy atom. The second kappa shape index (κ2) is 7.33. The van der Waals surface area contributed by atoms with Gasteiger partial charge in [-0.25, -0.2) is 0 Å². The number of nitrogens with one attached hydrogen (secondary N) is 1. The normalized spacial score (nSPS) is 14.4. The first-order valence-electron chi connectivity index (χ1n) is 6.62. The molecule has 1 N–H and O–H groups in total. The van der Waals surface area contributed by atoms with Gasteiger partial charge in [0.2, 0.25) is 0 Å². The minimum atomic E-state index is 0.408. The highest BCUT2D eigenvalue weighted by Crippen LogP contribution is 2.26. The average Bonchev–Trinajstić information content (AvgIpc) is 2.37. The fourth-order valence-corrected chi connectivity index (χ4v) is 2.03. The molecule has 2 unspecified atom stereocenters. The number of ether oxygens (including phenoxy) is 1. The molecule has 0 spiro atoms. The molecule has 2 nitrogen and oxygen atoms in total. The zero-order valence-electron chi connectivity index (χ0n) is 11.5. The average molecular weight is 235 g/mol. The van der Waals surface area contributed by atoms with Gasteiger partial charge in [0.25, 0.3) is 0 Å². The SMILES string of the molecule is CCCOc1cccc(C(NC)C(C)CC)c1. The van der Waals surface area contributed by atoms with Crippen molar-refractivity contribution in [3.63, 3.8) is 0 Å². The second-order valence-corrected chi connectivity index (χ2v) is 4.57. The molecule has 0 aliphatic heterocycles. The zero-order valence-corrected chi connectivity index (χ0v) is 11.5. The van der Waals surface area contributed by atoms with E-state index in [0.29, 0.717) is 12.0 Å². The van der Waals surface area contributed by atoms with Crippen LogP contribution in [0.5, 0.6) is 5.75 Å². The molecule has 2 heteroatoms. The van der Waals surface area contributed by atoms with Gasteiger partial charge in [-0.2, -0.15) is 0 Å². The highest BCUT2D eigenvalue weighted by molar-refractivity contribution is 5.30. The number of rotatable bonds is 7. The first kappa shape index (κ1) is 14.0. The van der Waals surface area contributed by atoms with Crippen molar-refractivity contribution in [1.82, 2.24) is 5.32 Å². The molecule has 0 bridgehead atoms. The van der Waals surface area contributed by atoms with E-state index in [0.717, 1.165) is 18.8 Å². The van der Waals surface area contributed by atoms with Gasteiger partial charge in [0.15, 0.2) is 0 Å². The topological polar surface area (TPSA) is 21.3 Å². The molecular weight excluding hydrogens is 210 g/mol. The molecule has 0 saturated carbocycles. The van der Waals surface area contributed by atoms with Gasteiger partial charge in [-0.05, 0) is 37.1 Å². The summed E-state index contributed by atoms with van der Waals surface area (Å²) in [4.78, 5) is 0. The van der Waals surface area contributed by atoms with E-state index in [1.54, 1.807) is 0 Å². The van der Waals surface area contributed by atoms with E-state index >= 15 is 0 Å². The summed E-state index contributed by atoms with van der Waals surface area (Å²) in [5.41, 5.74) is 1.32. The number of hydrogen-bond donors (Lipinski definition) is 1. The van der Waals surface area contributed by atoms with Gasteiger partial charge >= 0.3 is 0 Å². The molecule has 0 aliphatic carbocycles. The molecule has 1 aromatic rings. The maximum Gasteiger partial charge on any atom is 0.119 e. The van der Waals surface area contributed by atoms with E-state index in [9.17, 15) is 0 Å². The van der Waals surface area contributed by atoms with Crippen LogP contribution >= 0.6 is 0 Å². The molecule has 1 rings (SSSR count). The van der Waals surface area contributed by atoms with Crippen molar-refractivity contribution in [3.8, 4) is 5.75 Å². The number of benzene rings is 1. The van der Waals surface area contributed by atoms with Crippen LogP contribution in [0.15, 0.2) is 24.3 Å². The standard InChI is InChI=1S/C15H25NO/c1-5-10-17-14-9-7-8-13(11-14)15(16-4)12(3)6-2/h7-9,11-12,15-16H,5-6,10H2,1-4H3. The molecule has 17 heavy (non-hydrogen) atoms. The smallest absolute Gasteiger partial charge is 0.119 e. The van der Waals surface area contributed by atoms with Crippen molar-refractivity contribution in [2.75, 3.05) is 13.7 Å². The Morgan fingerprint density at radius 2 is 2.06 bits per heavy atom. The largest absolute Gasteiger partial charge is 0.494 e. The van der Waals surface area contributed by atoms with Gasteiger partial charge in [0, 0.05) is 6.04 Å². The van der Waals surface area contributed by atoms with Crippen molar-refractivity contribution in [3.05, 3.63) is 29.8 Å². The minimum absolute atomic E-state index is 0.408. The molecule has 1 aromatic carbocycles. The van der Waals surface area contributed by atoms with E-state index in [1.165, 1.54) is 12.0 Å². The number of hydrogen-bond acceptors (Lipinski definition) is 2. The summed E-state index contributed by atoms with van der Waals surface area (Å²) >= 11 is 0. The molecular formula is C15H25NO. The van der Waals surface area contributed by atoms with Gasteiger partial charge < -0.3 is 10.1 Å². The third-order valence-corrected chi connectivity index (χ3v) is 3.21. The molecule has 0 radical (unpaired) electrons. The lowest BCUT2D eigenvalue weighted by Gasteiger charge is -2.23. The van der Waals surface area contributed by atoms with Crippen LogP contribution < -0.4 is 10.1 Å². The minimum Gasteiger partial charge on any atom is -0.494 e. The molecule has 0 amide bonds. The monoisotopic (exact) mass is 235 g/mol. The van der Waals surface area contributed by atoms with Crippen LogP contribution in [0.4, 0.5) is 0 Å². The first-order chi connectivity index (χ1) is 8.22. The van der Waals surface area contributed by atoms with E-state index in [-0.39, 0.29) is 0 Å². The molecule has 0 aromatic heterocycles. The summed E-state index contributed by atoms with van der Waals surface area (Å²) in [6.07, 6.45) is 2.22. The van der Waals surface area contributed by atoms with Crippen molar-refractivity contribution < 1.29 is 4.74 Å². The molecule has 96 valence electrons. The van der Waals surface area contributed by atoms with Gasteiger partial charge in [-0.1, -0.05) is 39.3 Å². The van der Waals surface area contributed by atoms with Crippen LogP contribution in [0.2, 0.25) is 0 Å². The Hall–Kier alpha value is -1.02. The van der Waals surface area contributed by atoms with Crippen LogP contribution in [-0.2, 0) is 0 Å². The van der Waals surface area contributed by atoms with Gasteiger partial charge in [0.05, 0.1) is 6.61 Å². The predicted octanol–water partition coefficient (Wildman–Crippen LogP) is 3.78. The van der Waals surface area contributed by atoms with Gasteiger partial charge in [-0.15, -0.1) is 0 Å². The highest BCUT2D eigenvalue weighted by atomic mass is 16.5. The molecule has 0 fully saturated rings. The van der Waals surface area contributed by atoms with Gasteiger partial charge in [-0.3, -0.25) is 0 Å². The quantitative estimate of drug-likeness (QED) is 0.776. The van der Waals surface area contributed by atoms with Crippen LogP contribution in [0.1, 0.15) is 45.2 Å². The molecule has 0 saturated heterocycles. The van der Waals surface area contributed by atoms with E-state index < -0.39 is 0 Å². The van der Waals surface area contributed by atoms with Crippen LogP contribution in [-0.4, -0.2) is 13.7 Å². The summed E-state index contributed by atoms with van der Waals surface area (Å²) in [7, 11) is 2.02.